The Balaban J connectivity index is 1.12. The maximum atomic E-state index is 6.82. The van der Waals surface area contributed by atoms with Crippen LogP contribution in [-0.2, 0) is 5.41 Å². The molecule has 0 amide bonds. The summed E-state index contributed by atoms with van der Waals surface area (Å²) in [6.45, 7) is 4.70. The Bertz CT molecular complexity index is 2760. The highest BCUT2D eigenvalue weighted by Gasteiger charge is 2.35. The monoisotopic (exact) mass is 653 g/mol. The van der Waals surface area contributed by atoms with Crippen molar-refractivity contribution >= 4 is 49.8 Å². The number of para-hydroxylation sites is 1. The zero-order valence-electron chi connectivity index (χ0n) is 28.6. The second-order valence-electron chi connectivity index (χ2n) is 14.1. The van der Waals surface area contributed by atoms with E-state index < -0.39 is 0 Å². The van der Waals surface area contributed by atoms with Crippen LogP contribution in [0.4, 0.5) is 17.1 Å². The van der Waals surface area contributed by atoms with Gasteiger partial charge >= 0.3 is 0 Å². The van der Waals surface area contributed by atoms with Gasteiger partial charge in [0, 0.05) is 44.7 Å². The van der Waals surface area contributed by atoms with Crippen molar-refractivity contribution in [2.75, 3.05) is 4.90 Å². The third kappa shape index (κ3) is 4.64. The highest BCUT2D eigenvalue weighted by molar-refractivity contribution is 6.19. The number of hydrogen-bond donors (Lipinski definition) is 0. The van der Waals surface area contributed by atoms with Crippen LogP contribution in [0.3, 0.4) is 0 Å². The van der Waals surface area contributed by atoms with Gasteiger partial charge in [-0.2, -0.15) is 0 Å². The summed E-state index contributed by atoms with van der Waals surface area (Å²) in [4.78, 5) is 2.30. The van der Waals surface area contributed by atoms with Gasteiger partial charge < -0.3 is 9.32 Å². The van der Waals surface area contributed by atoms with Crippen molar-refractivity contribution in [3.63, 3.8) is 0 Å². The summed E-state index contributed by atoms with van der Waals surface area (Å²) in [5, 5.41) is 4.57. The molecule has 0 bridgehead atoms. The van der Waals surface area contributed by atoms with Crippen molar-refractivity contribution in [3.05, 3.63) is 187 Å². The normalized spacial score (nSPS) is 13.1. The van der Waals surface area contributed by atoms with E-state index in [0.29, 0.717) is 0 Å². The fraction of sp³-hybridized carbons (Fsp3) is 0.0612. The van der Waals surface area contributed by atoms with Crippen LogP contribution >= 0.6 is 0 Å². The van der Waals surface area contributed by atoms with E-state index in [1.54, 1.807) is 0 Å². The van der Waals surface area contributed by atoms with Gasteiger partial charge in [-0.1, -0.05) is 135 Å². The minimum absolute atomic E-state index is 0.0624. The number of hydrogen-bond acceptors (Lipinski definition) is 2. The van der Waals surface area contributed by atoms with Gasteiger partial charge in [0.15, 0.2) is 0 Å². The van der Waals surface area contributed by atoms with Crippen LogP contribution in [0.5, 0.6) is 0 Å². The molecule has 9 aromatic rings. The maximum absolute atomic E-state index is 6.82. The second-order valence-corrected chi connectivity index (χ2v) is 14.1. The lowest BCUT2D eigenvalue weighted by Crippen LogP contribution is -2.14. The fourth-order valence-corrected chi connectivity index (χ4v) is 8.29. The van der Waals surface area contributed by atoms with Gasteiger partial charge in [0.05, 0.1) is 0 Å². The standard InChI is InChI=1S/C49H35NO/c1-49(2)45-20-12-11-18-39(45)40-27-23-34(29-46(40)49)43-31-44-41-28-26-37(30-47(41)51-48(44)42-19-10-9-17-38(42)43)50(35-15-7-4-8-16-35)36-24-21-33(22-25-36)32-13-5-3-6-14-32/h3-31H,1-2H3. The predicted molar refractivity (Wildman–Crippen MR) is 214 cm³/mol. The molecule has 0 aliphatic heterocycles. The van der Waals surface area contributed by atoms with Gasteiger partial charge in [0.25, 0.3) is 0 Å². The first kappa shape index (κ1) is 29.5. The number of anilines is 3. The smallest absolute Gasteiger partial charge is 0.143 e. The first-order valence-corrected chi connectivity index (χ1v) is 17.7. The van der Waals surface area contributed by atoms with Crippen LogP contribution in [0.15, 0.2) is 180 Å². The van der Waals surface area contributed by atoms with E-state index in [1.807, 2.05) is 0 Å². The SMILES string of the molecule is CC1(C)c2ccccc2-c2ccc(-c3cc4c5ccc(N(c6ccccc6)c6ccc(-c7ccccc7)cc6)cc5oc4c4ccccc34)cc21. The van der Waals surface area contributed by atoms with E-state index in [-0.39, 0.29) is 5.41 Å². The largest absolute Gasteiger partial charge is 0.455 e. The molecular weight excluding hydrogens is 619 g/mol. The molecule has 1 aromatic heterocycles. The molecule has 0 fully saturated rings. The Morgan fingerprint density at radius 3 is 1.80 bits per heavy atom. The van der Waals surface area contributed by atoms with Gasteiger partial charge in [-0.25, -0.2) is 0 Å². The van der Waals surface area contributed by atoms with Gasteiger partial charge in [-0.05, 0) is 98.4 Å². The third-order valence-electron chi connectivity index (χ3n) is 10.9. The molecule has 2 nitrogen and oxygen atoms in total. The van der Waals surface area contributed by atoms with E-state index in [2.05, 4.69) is 195 Å². The van der Waals surface area contributed by atoms with Crippen molar-refractivity contribution in [2.24, 2.45) is 0 Å². The molecule has 1 aliphatic carbocycles. The molecule has 0 N–H and O–H groups in total. The average Bonchev–Trinajstić information content (AvgIpc) is 3.67. The Morgan fingerprint density at radius 1 is 0.392 bits per heavy atom. The van der Waals surface area contributed by atoms with Gasteiger partial charge in [0.2, 0.25) is 0 Å². The van der Waals surface area contributed by atoms with E-state index >= 15 is 0 Å². The fourth-order valence-electron chi connectivity index (χ4n) is 8.29. The van der Waals surface area contributed by atoms with Crippen LogP contribution in [0.2, 0.25) is 0 Å². The minimum atomic E-state index is -0.0624. The van der Waals surface area contributed by atoms with E-state index in [4.69, 9.17) is 4.42 Å². The molecule has 0 saturated heterocycles. The maximum Gasteiger partial charge on any atom is 0.143 e. The summed E-state index contributed by atoms with van der Waals surface area (Å²) in [6, 6.07) is 63.4. The second kappa shape index (κ2) is 11.3. The molecule has 0 atom stereocenters. The molecule has 0 unspecified atom stereocenters. The van der Waals surface area contributed by atoms with Crippen LogP contribution in [0, 0.1) is 0 Å². The molecule has 51 heavy (non-hydrogen) atoms. The van der Waals surface area contributed by atoms with Crippen LogP contribution in [0.25, 0.3) is 66.1 Å². The number of rotatable bonds is 5. The Labute approximate surface area is 297 Å². The number of furan rings is 1. The van der Waals surface area contributed by atoms with Crippen molar-refractivity contribution < 1.29 is 4.42 Å². The van der Waals surface area contributed by atoms with Gasteiger partial charge in [0.1, 0.15) is 11.2 Å². The Kier molecular flexibility index (Phi) is 6.56. The number of nitrogens with zero attached hydrogens (tertiary/aromatic N) is 1. The quantitative estimate of drug-likeness (QED) is 0.184. The average molecular weight is 654 g/mol. The summed E-state index contributed by atoms with van der Waals surface area (Å²) in [6.07, 6.45) is 0. The zero-order valence-corrected chi connectivity index (χ0v) is 28.6. The molecule has 0 spiro atoms. The Morgan fingerprint density at radius 2 is 1.00 bits per heavy atom. The van der Waals surface area contributed by atoms with E-state index in [1.165, 1.54) is 49.9 Å². The predicted octanol–water partition coefficient (Wildman–Crippen LogP) is 13.8. The molecule has 8 aromatic carbocycles. The topological polar surface area (TPSA) is 16.4 Å². The lowest BCUT2D eigenvalue weighted by Gasteiger charge is -2.25. The number of fused-ring (bicyclic) bond motifs is 8. The van der Waals surface area contributed by atoms with Crippen LogP contribution in [0.1, 0.15) is 25.0 Å². The first-order chi connectivity index (χ1) is 25.0. The van der Waals surface area contributed by atoms with Crippen LogP contribution in [-0.4, -0.2) is 0 Å². The first-order valence-electron chi connectivity index (χ1n) is 17.7. The molecule has 1 heterocycles. The summed E-state index contributed by atoms with van der Waals surface area (Å²) >= 11 is 0. The molecule has 242 valence electrons. The summed E-state index contributed by atoms with van der Waals surface area (Å²) < 4.78 is 6.82. The van der Waals surface area contributed by atoms with Crippen molar-refractivity contribution in [1.82, 2.24) is 0 Å². The summed E-state index contributed by atoms with van der Waals surface area (Å²) in [5.41, 5.74) is 15.3. The lowest BCUT2D eigenvalue weighted by molar-refractivity contribution is 0.660. The zero-order chi connectivity index (χ0) is 34.1. The molecule has 1 aliphatic rings. The Hall–Kier alpha value is -6.38. The molecule has 2 heteroatoms. The van der Waals surface area contributed by atoms with Crippen molar-refractivity contribution in [3.8, 4) is 33.4 Å². The van der Waals surface area contributed by atoms with E-state index in [9.17, 15) is 0 Å². The van der Waals surface area contributed by atoms with Crippen LogP contribution < -0.4 is 4.90 Å². The molecular formula is C49H35NO. The molecule has 10 rings (SSSR count). The van der Waals surface area contributed by atoms with Crippen molar-refractivity contribution in [2.45, 2.75) is 19.3 Å². The summed E-state index contributed by atoms with van der Waals surface area (Å²) in [5.74, 6) is 0. The highest BCUT2D eigenvalue weighted by Crippen LogP contribution is 2.50. The van der Waals surface area contributed by atoms with Gasteiger partial charge in [-0.3, -0.25) is 0 Å². The molecule has 0 saturated carbocycles. The minimum Gasteiger partial charge on any atom is -0.455 e. The number of benzene rings is 8. The van der Waals surface area contributed by atoms with Crippen molar-refractivity contribution in [1.29, 1.82) is 0 Å². The van der Waals surface area contributed by atoms with Gasteiger partial charge in [-0.15, -0.1) is 0 Å². The lowest BCUT2D eigenvalue weighted by atomic mass is 9.81. The summed E-state index contributed by atoms with van der Waals surface area (Å²) in [7, 11) is 0. The molecule has 0 radical (unpaired) electrons. The van der Waals surface area contributed by atoms with E-state index in [0.717, 1.165) is 44.4 Å². The third-order valence-corrected chi connectivity index (χ3v) is 10.9. The highest BCUT2D eigenvalue weighted by atomic mass is 16.3.